The van der Waals surface area contributed by atoms with Crippen LogP contribution in [0.5, 0.6) is 0 Å². The molecule has 2 rings (SSSR count). The van der Waals surface area contributed by atoms with E-state index in [1.54, 1.807) is 6.07 Å². The van der Waals surface area contributed by atoms with Crippen molar-refractivity contribution in [2.24, 2.45) is 5.92 Å². The van der Waals surface area contributed by atoms with E-state index in [4.69, 9.17) is 11.6 Å². The van der Waals surface area contributed by atoms with E-state index in [0.717, 1.165) is 16.6 Å². The van der Waals surface area contributed by atoms with E-state index in [1.807, 2.05) is 33.8 Å². The summed E-state index contributed by atoms with van der Waals surface area (Å²) < 4.78 is 0. The average molecular weight is 293 g/mol. The third-order valence-corrected chi connectivity index (χ3v) is 3.83. The Bertz CT molecular complexity index is 696. The molecule has 0 N–H and O–H groups in total. The lowest BCUT2D eigenvalue weighted by molar-refractivity contribution is -0.385. The van der Waals surface area contributed by atoms with Gasteiger partial charge in [-0.1, -0.05) is 37.6 Å². The molecule has 20 heavy (non-hydrogen) atoms. The molecule has 0 aliphatic rings. The van der Waals surface area contributed by atoms with Crippen molar-refractivity contribution in [3.63, 3.8) is 0 Å². The van der Waals surface area contributed by atoms with Crippen LogP contribution in [-0.2, 0) is 6.42 Å². The Kier molecular flexibility index (Phi) is 3.95. The zero-order valence-corrected chi connectivity index (χ0v) is 12.8. The molecule has 0 fully saturated rings. The summed E-state index contributed by atoms with van der Waals surface area (Å²) in [6.45, 7) is 7.97. The highest BCUT2D eigenvalue weighted by molar-refractivity contribution is 6.37. The lowest BCUT2D eigenvalue weighted by atomic mass is 10.0. The van der Waals surface area contributed by atoms with Gasteiger partial charge in [-0.25, -0.2) is 4.98 Å². The van der Waals surface area contributed by atoms with Crippen LogP contribution in [0.3, 0.4) is 0 Å². The predicted octanol–water partition coefficient (Wildman–Crippen LogP) is 4.61. The molecule has 1 aromatic heterocycles. The number of hydrogen-bond donors (Lipinski definition) is 0. The van der Waals surface area contributed by atoms with Crippen LogP contribution in [0.4, 0.5) is 5.69 Å². The van der Waals surface area contributed by atoms with E-state index in [1.165, 1.54) is 0 Å². The number of nitrogens with zero attached hydrogens (tertiary/aromatic N) is 2. The van der Waals surface area contributed by atoms with Crippen LogP contribution in [0.1, 0.15) is 30.7 Å². The quantitative estimate of drug-likeness (QED) is 0.613. The van der Waals surface area contributed by atoms with Gasteiger partial charge in [0.05, 0.1) is 10.4 Å². The summed E-state index contributed by atoms with van der Waals surface area (Å²) in [4.78, 5) is 15.4. The van der Waals surface area contributed by atoms with Crippen molar-refractivity contribution in [1.29, 1.82) is 0 Å². The van der Waals surface area contributed by atoms with Crippen LogP contribution in [-0.4, -0.2) is 9.91 Å². The first kappa shape index (κ1) is 14.7. The summed E-state index contributed by atoms with van der Waals surface area (Å²) in [6.07, 6.45) is 0.541. The number of rotatable bonds is 3. The minimum absolute atomic E-state index is 0.0591. The topological polar surface area (TPSA) is 56.0 Å². The molecule has 0 bridgehead atoms. The first-order valence-electron chi connectivity index (χ1n) is 6.55. The molecule has 4 nitrogen and oxygen atoms in total. The number of aryl methyl sites for hydroxylation is 2. The van der Waals surface area contributed by atoms with Gasteiger partial charge in [-0.2, -0.15) is 0 Å². The molecule has 2 aromatic rings. The Balaban J connectivity index is 2.85. The highest BCUT2D eigenvalue weighted by atomic mass is 35.5. The maximum Gasteiger partial charge on any atom is 0.309 e. The Morgan fingerprint density at radius 3 is 2.55 bits per heavy atom. The third-order valence-electron chi connectivity index (χ3n) is 3.45. The molecule has 0 saturated carbocycles. The molecule has 0 saturated heterocycles. The van der Waals surface area contributed by atoms with Crippen molar-refractivity contribution in [3.05, 3.63) is 44.1 Å². The Labute approximate surface area is 122 Å². The average Bonchev–Trinajstić information content (AvgIpc) is 2.33. The molecule has 0 aliphatic heterocycles. The number of nitro groups is 1. The van der Waals surface area contributed by atoms with Crippen LogP contribution in [0.25, 0.3) is 10.9 Å². The largest absolute Gasteiger partial charge is 0.309 e. The van der Waals surface area contributed by atoms with Crippen molar-refractivity contribution in [1.82, 2.24) is 4.98 Å². The second kappa shape index (κ2) is 5.37. The smallest absolute Gasteiger partial charge is 0.258 e. The monoisotopic (exact) mass is 292 g/mol. The second-order valence-electron chi connectivity index (χ2n) is 5.48. The molecular weight excluding hydrogens is 276 g/mol. The van der Waals surface area contributed by atoms with Crippen molar-refractivity contribution < 1.29 is 4.92 Å². The Morgan fingerprint density at radius 2 is 2.00 bits per heavy atom. The fourth-order valence-corrected chi connectivity index (χ4v) is 2.61. The third kappa shape index (κ3) is 2.48. The van der Waals surface area contributed by atoms with Crippen LogP contribution in [0.15, 0.2) is 12.1 Å². The summed E-state index contributed by atoms with van der Waals surface area (Å²) in [5.41, 5.74) is 3.29. The summed E-state index contributed by atoms with van der Waals surface area (Å²) in [5, 5.41) is 12.1. The maximum absolute atomic E-state index is 11.3. The van der Waals surface area contributed by atoms with Gasteiger partial charge in [0.1, 0.15) is 10.7 Å². The molecule has 0 radical (unpaired) electrons. The lowest BCUT2D eigenvalue weighted by Gasteiger charge is -2.11. The van der Waals surface area contributed by atoms with Crippen LogP contribution in [0, 0.1) is 29.9 Å². The number of hydrogen-bond acceptors (Lipinski definition) is 3. The van der Waals surface area contributed by atoms with Gasteiger partial charge in [0, 0.05) is 5.39 Å². The zero-order chi connectivity index (χ0) is 15.0. The summed E-state index contributed by atoms with van der Waals surface area (Å²) in [6, 6.07) is 3.72. The van der Waals surface area contributed by atoms with E-state index in [2.05, 4.69) is 4.98 Å². The fraction of sp³-hybridized carbons (Fsp3) is 0.400. The zero-order valence-electron chi connectivity index (χ0n) is 12.0. The maximum atomic E-state index is 11.3. The normalized spacial score (nSPS) is 11.3. The molecule has 0 spiro atoms. The van der Waals surface area contributed by atoms with E-state index in [9.17, 15) is 10.1 Å². The first-order chi connectivity index (χ1) is 9.32. The predicted molar refractivity (Wildman–Crippen MR) is 81.4 cm³/mol. The number of fused-ring (bicyclic) bond motifs is 1. The van der Waals surface area contributed by atoms with E-state index in [-0.39, 0.29) is 16.6 Å². The van der Waals surface area contributed by atoms with E-state index < -0.39 is 4.92 Å². The molecular formula is C15H17ClN2O2. The molecule has 1 aromatic carbocycles. The minimum Gasteiger partial charge on any atom is -0.258 e. The van der Waals surface area contributed by atoms with Gasteiger partial charge in [-0.05, 0) is 37.3 Å². The van der Waals surface area contributed by atoms with Gasteiger partial charge in [0.15, 0.2) is 0 Å². The van der Waals surface area contributed by atoms with Crippen molar-refractivity contribution >= 4 is 28.2 Å². The second-order valence-corrected chi connectivity index (χ2v) is 5.86. The molecule has 0 amide bonds. The summed E-state index contributed by atoms with van der Waals surface area (Å²) >= 11 is 6.27. The van der Waals surface area contributed by atoms with Gasteiger partial charge in [0.25, 0.3) is 0 Å². The highest BCUT2D eigenvalue weighted by Crippen LogP contribution is 2.36. The van der Waals surface area contributed by atoms with Gasteiger partial charge in [-0.3, -0.25) is 10.1 Å². The SMILES string of the molecule is Cc1ccc2c(Cl)c([N+](=O)[O-])c(CC(C)C)nc2c1C. The standard InChI is InChI=1S/C15H17ClN2O2/c1-8(2)7-12-15(18(19)20)13(16)11-6-5-9(3)10(4)14(11)17-12/h5-6,8H,7H2,1-4H3. The van der Waals surface area contributed by atoms with Crippen molar-refractivity contribution in [2.75, 3.05) is 0 Å². The van der Waals surface area contributed by atoms with Crippen molar-refractivity contribution in [2.45, 2.75) is 34.1 Å². The molecule has 0 atom stereocenters. The molecule has 0 aliphatic carbocycles. The van der Waals surface area contributed by atoms with Crippen LogP contribution >= 0.6 is 11.6 Å². The van der Waals surface area contributed by atoms with Crippen molar-refractivity contribution in [3.8, 4) is 0 Å². The lowest BCUT2D eigenvalue weighted by Crippen LogP contribution is -2.05. The van der Waals surface area contributed by atoms with Crippen LogP contribution in [0.2, 0.25) is 5.02 Å². The summed E-state index contributed by atoms with van der Waals surface area (Å²) in [7, 11) is 0. The van der Waals surface area contributed by atoms with Gasteiger partial charge in [0.2, 0.25) is 0 Å². The molecule has 5 heteroatoms. The van der Waals surface area contributed by atoms with Gasteiger partial charge < -0.3 is 0 Å². The number of benzene rings is 1. The highest BCUT2D eigenvalue weighted by Gasteiger charge is 2.24. The van der Waals surface area contributed by atoms with Gasteiger partial charge >= 0.3 is 5.69 Å². The fourth-order valence-electron chi connectivity index (χ4n) is 2.28. The Morgan fingerprint density at radius 1 is 1.35 bits per heavy atom. The van der Waals surface area contributed by atoms with Gasteiger partial charge in [-0.15, -0.1) is 0 Å². The minimum atomic E-state index is -0.429. The van der Waals surface area contributed by atoms with E-state index in [0.29, 0.717) is 17.5 Å². The van der Waals surface area contributed by atoms with E-state index >= 15 is 0 Å². The molecule has 106 valence electrons. The summed E-state index contributed by atoms with van der Waals surface area (Å²) in [5.74, 6) is 0.278. The number of aromatic nitrogens is 1. The number of halogens is 1. The number of pyridine rings is 1. The van der Waals surface area contributed by atoms with Crippen LogP contribution < -0.4 is 0 Å². The molecule has 1 heterocycles. The Hall–Kier alpha value is -1.68. The first-order valence-corrected chi connectivity index (χ1v) is 6.93. The molecule has 0 unspecified atom stereocenters.